The number of thiocarbonyl (C=S) groups is 1. The Morgan fingerprint density at radius 3 is 2.86 bits per heavy atom. The Kier molecular flexibility index (Phi) is 4.39. The van der Waals surface area contributed by atoms with Crippen LogP contribution in [0.25, 0.3) is 10.8 Å². The lowest BCUT2D eigenvalue weighted by Crippen LogP contribution is -2.45. The van der Waals surface area contributed by atoms with Crippen LogP contribution in [0.15, 0.2) is 42.5 Å². The van der Waals surface area contributed by atoms with Gasteiger partial charge in [-0.3, -0.25) is 0 Å². The first-order valence-electron chi connectivity index (χ1n) is 7.85. The van der Waals surface area contributed by atoms with Gasteiger partial charge in [0.05, 0.1) is 0 Å². The Morgan fingerprint density at radius 2 is 2.00 bits per heavy atom. The molecule has 1 fully saturated rings. The van der Waals surface area contributed by atoms with Gasteiger partial charge in [-0.15, -0.1) is 0 Å². The van der Waals surface area contributed by atoms with Crippen LogP contribution in [0, 0.1) is 0 Å². The lowest BCUT2D eigenvalue weighted by Gasteiger charge is -2.37. The predicted molar refractivity (Wildman–Crippen MR) is 94.8 cm³/mol. The smallest absolute Gasteiger partial charge is 0.173 e. The number of rotatable bonds is 2. The van der Waals surface area contributed by atoms with E-state index in [-0.39, 0.29) is 0 Å². The van der Waals surface area contributed by atoms with Crippen molar-refractivity contribution in [3.63, 3.8) is 0 Å². The van der Waals surface area contributed by atoms with E-state index in [9.17, 15) is 0 Å². The van der Waals surface area contributed by atoms with Crippen molar-refractivity contribution in [2.45, 2.75) is 38.6 Å². The van der Waals surface area contributed by atoms with Crippen molar-refractivity contribution in [3.8, 4) is 0 Å². The first kappa shape index (κ1) is 14.3. The van der Waals surface area contributed by atoms with Gasteiger partial charge in [0.25, 0.3) is 0 Å². The number of fused-ring (bicyclic) bond motifs is 1. The van der Waals surface area contributed by atoms with E-state index < -0.39 is 0 Å². The molecule has 2 nitrogen and oxygen atoms in total. The highest BCUT2D eigenvalue weighted by Crippen LogP contribution is 2.25. The van der Waals surface area contributed by atoms with Crippen LogP contribution in [0.2, 0.25) is 0 Å². The van der Waals surface area contributed by atoms with E-state index >= 15 is 0 Å². The number of benzene rings is 2. The zero-order valence-corrected chi connectivity index (χ0v) is 13.3. The molecule has 2 aromatic carbocycles. The van der Waals surface area contributed by atoms with Crippen LogP contribution in [-0.4, -0.2) is 22.6 Å². The third kappa shape index (κ3) is 3.03. The number of anilines is 1. The van der Waals surface area contributed by atoms with Crippen molar-refractivity contribution < 1.29 is 0 Å². The summed E-state index contributed by atoms with van der Waals surface area (Å²) in [4.78, 5) is 2.38. The molecule has 21 heavy (non-hydrogen) atoms. The quantitative estimate of drug-likeness (QED) is 0.802. The van der Waals surface area contributed by atoms with Gasteiger partial charge < -0.3 is 10.2 Å². The molecule has 0 aromatic heterocycles. The molecular formula is C18H22N2S. The first-order chi connectivity index (χ1) is 10.3. The van der Waals surface area contributed by atoms with Crippen molar-refractivity contribution >= 4 is 33.8 Å². The number of nitrogens with zero attached hydrogens (tertiary/aromatic N) is 1. The fourth-order valence-corrected chi connectivity index (χ4v) is 3.56. The number of likely N-dealkylation sites (tertiary alicyclic amines) is 1. The standard InChI is InChI=1S/C18H22N2S/c1-2-15-10-5-6-13-20(15)18(21)19-17-12-7-9-14-8-3-4-11-16(14)17/h3-4,7-9,11-12,15H,2,5-6,10,13H2,1H3,(H,19,21). The summed E-state index contributed by atoms with van der Waals surface area (Å²) < 4.78 is 0. The second kappa shape index (κ2) is 6.44. The second-order valence-electron chi connectivity index (χ2n) is 5.71. The van der Waals surface area contributed by atoms with Gasteiger partial charge >= 0.3 is 0 Å². The Labute approximate surface area is 132 Å². The number of hydrogen-bond donors (Lipinski definition) is 1. The van der Waals surface area contributed by atoms with E-state index in [0.717, 1.165) is 23.8 Å². The summed E-state index contributed by atoms with van der Waals surface area (Å²) in [7, 11) is 0. The number of piperidine rings is 1. The minimum Gasteiger partial charge on any atom is -0.346 e. The zero-order valence-electron chi connectivity index (χ0n) is 12.5. The van der Waals surface area contributed by atoms with Gasteiger partial charge in [-0.1, -0.05) is 43.3 Å². The molecule has 0 radical (unpaired) electrons. The molecule has 3 rings (SSSR count). The number of nitrogens with one attached hydrogen (secondary N) is 1. The lowest BCUT2D eigenvalue weighted by molar-refractivity contribution is 0.239. The minimum absolute atomic E-state index is 0.591. The molecule has 1 N–H and O–H groups in total. The molecule has 0 spiro atoms. The van der Waals surface area contributed by atoms with E-state index in [1.165, 1.54) is 30.0 Å². The topological polar surface area (TPSA) is 15.3 Å². The first-order valence-corrected chi connectivity index (χ1v) is 8.26. The summed E-state index contributed by atoms with van der Waals surface area (Å²) in [6, 6.07) is 15.4. The van der Waals surface area contributed by atoms with E-state index in [1.807, 2.05) is 0 Å². The molecule has 0 saturated carbocycles. The van der Waals surface area contributed by atoms with Crippen LogP contribution < -0.4 is 5.32 Å². The van der Waals surface area contributed by atoms with E-state index in [4.69, 9.17) is 12.2 Å². The molecule has 110 valence electrons. The third-order valence-electron chi connectivity index (χ3n) is 4.39. The van der Waals surface area contributed by atoms with Gasteiger partial charge in [-0.2, -0.15) is 0 Å². The van der Waals surface area contributed by atoms with Gasteiger partial charge in [0.2, 0.25) is 0 Å². The second-order valence-corrected chi connectivity index (χ2v) is 6.09. The summed E-state index contributed by atoms with van der Waals surface area (Å²) in [5.41, 5.74) is 1.11. The minimum atomic E-state index is 0.591. The molecule has 1 aliphatic heterocycles. The van der Waals surface area contributed by atoms with Gasteiger partial charge in [0.1, 0.15) is 0 Å². The Hall–Kier alpha value is -1.61. The van der Waals surface area contributed by atoms with Crippen molar-refractivity contribution in [2.24, 2.45) is 0 Å². The normalized spacial score (nSPS) is 18.7. The highest BCUT2D eigenvalue weighted by Gasteiger charge is 2.23. The summed E-state index contributed by atoms with van der Waals surface area (Å²) in [6.45, 7) is 3.33. The fraction of sp³-hybridized carbons (Fsp3) is 0.389. The fourth-order valence-electron chi connectivity index (χ4n) is 3.21. The van der Waals surface area contributed by atoms with Crippen LogP contribution in [0.5, 0.6) is 0 Å². The van der Waals surface area contributed by atoms with Crippen LogP contribution in [0.3, 0.4) is 0 Å². The largest absolute Gasteiger partial charge is 0.346 e. The molecule has 1 heterocycles. The van der Waals surface area contributed by atoms with Gasteiger partial charge in [0.15, 0.2) is 5.11 Å². The average molecular weight is 298 g/mol. The van der Waals surface area contributed by atoms with Crippen LogP contribution >= 0.6 is 12.2 Å². The molecule has 1 saturated heterocycles. The zero-order chi connectivity index (χ0) is 14.7. The lowest BCUT2D eigenvalue weighted by atomic mass is 10.0. The van der Waals surface area contributed by atoms with E-state index in [2.05, 4.69) is 59.6 Å². The Balaban J connectivity index is 1.83. The maximum Gasteiger partial charge on any atom is 0.173 e. The summed E-state index contributed by atoms with van der Waals surface area (Å²) in [5.74, 6) is 0. The van der Waals surface area contributed by atoms with Crippen molar-refractivity contribution in [3.05, 3.63) is 42.5 Å². The molecule has 3 heteroatoms. The molecule has 1 aliphatic rings. The monoisotopic (exact) mass is 298 g/mol. The van der Waals surface area contributed by atoms with Crippen LogP contribution in [0.1, 0.15) is 32.6 Å². The van der Waals surface area contributed by atoms with Crippen LogP contribution in [-0.2, 0) is 0 Å². The molecule has 1 atom stereocenters. The molecule has 0 bridgehead atoms. The Bertz CT molecular complexity index is 633. The molecule has 2 aromatic rings. The summed E-state index contributed by atoms with van der Waals surface area (Å²) in [6.07, 6.45) is 4.99. The summed E-state index contributed by atoms with van der Waals surface area (Å²) >= 11 is 5.68. The molecule has 0 amide bonds. The van der Waals surface area contributed by atoms with Crippen molar-refractivity contribution in [1.29, 1.82) is 0 Å². The van der Waals surface area contributed by atoms with Gasteiger partial charge in [-0.05, 0) is 49.4 Å². The van der Waals surface area contributed by atoms with Gasteiger partial charge in [-0.25, -0.2) is 0 Å². The van der Waals surface area contributed by atoms with Crippen molar-refractivity contribution in [2.75, 3.05) is 11.9 Å². The molecule has 0 aliphatic carbocycles. The number of hydrogen-bond acceptors (Lipinski definition) is 1. The average Bonchev–Trinajstić information content (AvgIpc) is 2.55. The van der Waals surface area contributed by atoms with Crippen LogP contribution in [0.4, 0.5) is 5.69 Å². The summed E-state index contributed by atoms with van der Waals surface area (Å²) in [5, 5.41) is 6.82. The van der Waals surface area contributed by atoms with Gasteiger partial charge in [0, 0.05) is 23.7 Å². The maximum absolute atomic E-state index is 5.68. The Morgan fingerprint density at radius 1 is 1.19 bits per heavy atom. The molecule has 1 unspecified atom stereocenters. The van der Waals surface area contributed by atoms with Crippen molar-refractivity contribution in [1.82, 2.24) is 4.90 Å². The van der Waals surface area contributed by atoms with E-state index in [1.54, 1.807) is 0 Å². The van der Waals surface area contributed by atoms with E-state index in [0.29, 0.717) is 6.04 Å². The predicted octanol–water partition coefficient (Wildman–Crippen LogP) is 4.80. The highest BCUT2D eigenvalue weighted by molar-refractivity contribution is 7.80. The maximum atomic E-state index is 5.68. The highest BCUT2D eigenvalue weighted by atomic mass is 32.1. The molecular weight excluding hydrogens is 276 g/mol. The third-order valence-corrected chi connectivity index (χ3v) is 4.73. The SMILES string of the molecule is CCC1CCCCN1C(=S)Nc1cccc2ccccc12.